The van der Waals surface area contributed by atoms with E-state index in [0.717, 1.165) is 30.0 Å². The lowest BCUT2D eigenvalue weighted by Crippen LogP contribution is -2.24. The van der Waals surface area contributed by atoms with Gasteiger partial charge in [-0.15, -0.1) is 0 Å². The molecule has 0 aliphatic heterocycles. The van der Waals surface area contributed by atoms with E-state index in [1.165, 1.54) is 10.7 Å². The molecule has 0 fully saturated rings. The second kappa shape index (κ2) is 6.76. The van der Waals surface area contributed by atoms with Crippen LogP contribution in [0.25, 0.3) is 0 Å². The molecular weight excluding hydrogens is 290 g/mol. The molecule has 2 aromatic heterocycles. The van der Waals surface area contributed by atoms with E-state index in [0.29, 0.717) is 18.1 Å². The lowest BCUT2D eigenvalue weighted by Gasteiger charge is -2.08. The third-order valence-corrected chi connectivity index (χ3v) is 3.68. The Morgan fingerprint density at radius 1 is 1.29 bits per heavy atom. The first-order valence-corrected chi connectivity index (χ1v) is 7.53. The summed E-state index contributed by atoms with van der Waals surface area (Å²) in [4.78, 5) is 12.1. The van der Waals surface area contributed by atoms with Crippen molar-refractivity contribution in [1.82, 2.24) is 19.6 Å². The molecule has 0 aliphatic rings. The molecule has 1 N–H and O–H groups in total. The van der Waals surface area contributed by atoms with Crippen LogP contribution in [0.3, 0.4) is 0 Å². The van der Waals surface area contributed by atoms with E-state index in [4.69, 9.17) is 11.6 Å². The molecule has 7 heteroatoms. The Balaban J connectivity index is 2.34. The highest BCUT2D eigenvalue weighted by Crippen LogP contribution is 2.22. The van der Waals surface area contributed by atoms with Gasteiger partial charge in [-0.3, -0.25) is 9.48 Å². The zero-order valence-corrected chi connectivity index (χ0v) is 13.3. The van der Waals surface area contributed by atoms with Crippen molar-refractivity contribution in [3.05, 3.63) is 39.0 Å². The molecule has 0 aromatic carbocycles. The van der Waals surface area contributed by atoms with E-state index in [9.17, 15) is 4.79 Å². The number of nitrogens with one attached hydrogen (secondary N) is 1. The minimum atomic E-state index is -0.161. The minimum absolute atomic E-state index is 0.161. The minimum Gasteiger partial charge on any atom is -0.384 e. The van der Waals surface area contributed by atoms with Gasteiger partial charge in [0.05, 0.1) is 34.8 Å². The molecule has 0 radical (unpaired) electrons. The van der Waals surface area contributed by atoms with Crippen molar-refractivity contribution in [3.63, 3.8) is 0 Å². The molecule has 0 atom stereocenters. The van der Waals surface area contributed by atoms with Crippen molar-refractivity contribution in [1.29, 1.82) is 0 Å². The van der Waals surface area contributed by atoms with E-state index in [1.54, 1.807) is 6.20 Å². The van der Waals surface area contributed by atoms with Crippen LogP contribution in [0.2, 0.25) is 5.02 Å². The van der Waals surface area contributed by atoms with Gasteiger partial charge < -0.3 is 5.32 Å². The average molecular weight is 310 g/mol. The highest BCUT2D eigenvalue weighted by Gasteiger charge is 2.15. The second-order valence-corrected chi connectivity index (χ2v) is 5.03. The molecular formula is C14H20ClN5O. The summed E-state index contributed by atoms with van der Waals surface area (Å²) in [5.74, 6) is 0. The van der Waals surface area contributed by atoms with Crippen LogP contribution in [0, 0.1) is 0 Å². The number of aromatic nitrogens is 4. The lowest BCUT2D eigenvalue weighted by atomic mass is 10.3. The second-order valence-electron chi connectivity index (χ2n) is 4.65. The summed E-state index contributed by atoms with van der Waals surface area (Å²) < 4.78 is 3.23. The SMILES string of the molecule is CCNc1cnn(Cc2c(Cl)c(CC)nn2CC)c(=O)c1. The van der Waals surface area contributed by atoms with Crippen LogP contribution < -0.4 is 10.9 Å². The van der Waals surface area contributed by atoms with Gasteiger partial charge in [-0.05, 0) is 20.3 Å². The molecule has 21 heavy (non-hydrogen) atoms. The standard InChI is InChI=1S/C14H20ClN5O/c1-4-11-14(15)12(19(6-3)18-11)9-20-13(21)7-10(8-17-20)16-5-2/h7-8,16H,4-6,9H2,1-3H3. The number of halogens is 1. The highest BCUT2D eigenvalue weighted by atomic mass is 35.5. The normalized spacial score (nSPS) is 10.9. The molecule has 0 spiro atoms. The number of aryl methyl sites for hydroxylation is 2. The zero-order chi connectivity index (χ0) is 15.4. The van der Waals surface area contributed by atoms with Gasteiger partial charge in [-0.1, -0.05) is 18.5 Å². The van der Waals surface area contributed by atoms with Crippen LogP contribution in [0.4, 0.5) is 5.69 Å². The fourth-order valence-electron chi connectivity index (χ4n) is 2.16. The van der Waals surface area contributed by atoms with Gasteiger partial charge in [0.25, 0.3) is 5.56 Å². The molecule has 0 saturated heterocycles. The van der Waals surface area contributed by atoms with Crippen LogP contribution in [-0.4, -0.2) is 26.1 Å². The predicted octanol–water partition coefficient (Wildman–Crippen LogP) is 2.16. The third kappa shape index (κ3) is 3.26. The van der Waals surface area contributed by atoms with Crippen molar-refractivity contribution in [3.8, 4) is 0 Å². The van der Waals surface area contributed by atoms with Gasteiger partial charge in [0.15, 0.2) is 0 Å². The smallest absolute Gasteiger partial charge is 0.269 e. The van der Waals surface area contributed by atoms with Gasteiger partial charge in [-0.25, -0.2) is 4.68 Å². The van der Waals surface area contributed by atoms with E-state index in [-0.39, 0.29) is 5.56 Å². The first-order chi connectivity index (χ1) is 10.1. The Morgan fingerprint density at radius 2 is 2.05 bits per heavy atom. The maximum Gasteiger partial charge on any atom is 0.269 e. The summed E-state index contributed by atoms with van der Waals surface area (Å²) in [5.41, 5.74) is 2.24. The summed E-state index contributed by atoms with van der Waals surface area (Å²) in [5, 5.41) is 12.3. The van der Waals surface area contributed by atoms with Crippen molar-refractivity contribution in [2.45, 2.75) is 40.3 Å². The molecule has 0 amide bonds. The quantitative estimate of drug-likeness (QED) is 0.888. The largest absolute Gasteiger partial charge is 0.384 e. The Labute approximate surface area is 128 Å². The summed E-state index contributed by atoms with van der Waals surface area (Å²) in [7, 11) is 0. The van der Waals surface area contributed by atoms with Gasteiger partial charge in [0.1, 0.15) is 0 Å². The molecule has 0 bridgehead atoms. The first-order valence-electron chi connectivity index (χ1n) is 7.15. The van der Waals surface area contributed by atoms with Crippen LogP contribution >= 0.6 is 11.6 Å². The summed E-state index contributed by atoms with van der Waals surface area (Å²) in [6.07, 6.45) is 2.41. The summed E-state index contributed by atoms with van der Waals surface area (Å²) >= 11 is 6.35. The zero-order valence-electron chi connectivity index (χ0n) is 12.6. The van der Waals surface area contributed by atoms with Crippen LogP contribution in [0.15, 0.2) is 17.1 Å². The molecule has 2 rings (SSSR count). The maximum absolute atomic E-state index is 12.1. The monoisotopic (exact) mass is 309 g/mol. The number of nitrogens with zero attached hydrogens (tertiary/aromatic N) is 4. The van der Waals surface area contributed by atoms with Crippen molar-refractivity contribution in [2.24, 2.45) is 0 Å². The topological polar surface area (TPSA) is 64.7 Å². The number of rotatable bonds is 6. The number of hydrogen-bond donors (Lipinski definition) is 1. The van der Waals surface area contributed by atoms with Crippen molar-refractivity contribution in [2.75, 3.05) is 11.9 Å². The number of hydrogen-bond acceptors (Lipinski definition) is 4. The fraction of sp³-hybridized carbons (Fsp3) is 0.500. The van der Waals surface area contributed by atoms with Gasteiger partial charge in [0.2, 0.25) is 0 Å². The molecule has 114 valence electrons. The molecule has 0 aliphatic carbocycles. The number of anilines is 1. The van der Waals surface area contributed by atoms with Crippen LogP contribution in [0.5, 0.6) is 0 Å². The highest BCUT2D eigenvalue weighted by molar-refractivity contribution is 6.31. The molecule has 2 heterocycles. The average Bonchev–Trinajstić information content (AvgIpc) is 2.78. The van der Waals surface area contributed by atoms with Crippen molar-refractivity contribution < 1.29 is 0 Å². The Morgan fingerprint density at radius 3 is 2.62 bits per heavy atom. The first kappa shape index (κ1) is 15.6. The van der Waals surface area contributed by atoms with Crippen LogP contribution in [0.1, 0.15) is 32.2 Å². The predicted molar refractivity (Wildman–Crippen MR) is 84.1 cm³/mol. The molecule has 0 unspecified atom stereocenters. The fourth-order valence-corrected chi connectivity index (χ4v) is 2.49. The molecule has 6 nitrogen and oxygen atoms in total. The van der Waals surface area contributed by atoms with E-state index < -0.39 is 0 Å². The van der Waals surface area contributed by atoms with Gasteiger partial charge in [0, 0.05) is 19.2 Å². The third-order valence-electron chi connectivity index (χ3n) is 3.24. The Bertz CT molecular complexity index is 676. The summed E-state index contributed by atoms with van der Waals surface area (Å²) in [6, 6.07) is 1.54. The maximum atomic E-state index is 12.1. The van der Waals surface area contributed by atoms with E-state index >= 15 is 0 Å². The van der Waals surface area contributed by atoms with Gasteiger partial charge >= 0.3 is 0 Å². The van der Waals surface area contributed by atoms with E-state index in [2.05, 4.69) is 15.5 Å². The summed E-state index contributed by atoms with van der Waals surface area (Å²) in [6.45, 7) is 7.76. The van der Waals surface area contributed by atoms with Gasteiger partial charge in [-0.2, -0.15) is 10.2 Å². The Kier molecular flexibility index (Phi) is 5.01. The van der Waals surface area contributed by atoms with Crippen LogP contribution in [-0.2, 0) is 19.5 Å². The molecule has 2 aromatic rings. The lowest BCUT2D eigenvalue weighted by molar-refractivity contribution is 0.558. The van der Waals surface area contributed by atoms with Crippen molar-refractivity contribution >= 4 is 17.3 Å². The molecule has 0 saturated carbocycles. The van der Waals surface area contributed by atoms with E-state index in [1.807, 2.05) is 25.5 Å². The Hall–Kier alpha value is -1.82.